The molecule has 0 bridgehead atoms. The third-order valence-electron chi connectivity index (χ3n) is 2.60. The zero-order valence-electron chi connectivity index (χ0n) is 10.3. The van der Waals surface area contributed by atoms with Crippen molar-refractivity contribution >= 4 is 0 Å². The Bertz CT molecular complexity index is 538. The summed E-state index contributed by atoms with van der Waals surface area (Å²) in [7, 11) is 0. The van der Waals surface area contributed by atoms with Gasteiger partial charge in [-0.2, -0.15) is 5.10 Å². The average molecular weight is 250 g/mol. The predicted octanol–water partition coefficient (Wildman–Crippen LogP) is 2.89. The maximum atomic E-state index is 13.7. The van der Waals surface area contributed by atoms with Crippen LogP contribution in [0.1, 0.15) is 25.5 Å². The van der Waals surface area contributed by atoms with E-state index in [4.69, 9.17) is 4.74 Å². The van der Waals surface area contributed by atoms with Crippen LogP contribution in [0.3, 0.4) is 0 Å². The van der Waals surface area contributed by atoms with Crippen LogP contribution in [0, 0.1) is 5.82 Å². The summed E-state index contributed by atoms with van der Waals surface area (Å²) in [6.07, 6.45) is 2.40. The van der Waals surface area contributed by atoms with Gasteiger partial charge >= 0.3 is 0 Å². The number of benzene rings is 1. The maximum absolute atomic E-state index is 13.7. The molecule has 4 nitrogen and oxygen atoms in total. The minimum absolute atomic E-state index is 0.0446. The van der Waals surface area contributed by atoms with E-state index in [0.29, 0.717) is 17.9 Å². The lowest BCUT2D eigenvalue weighted by atomic mass is 10.1. The summed E-state index contributed by atoms with van der Waals surface area (Å²) in [6, 6.07) is 4.47. The van der Waals surface area contributed by atoms with Crippen molar-refractivity contribution in [2.45, 2.75) is 26.5 Å². The van der Waals surface area contributed by atoms with Gasteiger partial charge in [0.05, 0.1) is 18.5 Å². The summed E-state index contributed by atoms with van der Waals surface area (Å²) in [5.74, 6) is -0.00958. The van der Waals surface area contributed by atoms with Gasteiger partial charge in [0, 0.05) is 12.1 Å². The molecule has 1 heterocycles. The summed E-state index contributed by atoms with van der Waals surface area (Å²) in [5, 5.41) is 13.6. The standard InChI is InChI=1S/C13H15FN2O2/c1-3-16-8-10(7-15-16)18-13-11(9(2)17)5-4-6-12(13)14/h4-9,17H,3H2,1-2H3. The van der Waals surface area contributed by atoms with Crippen molar-refractivity contribution in [2.24, 2.45) is 0 Å². The van der Waals surface area contributed by atoms with Crippen LogP contribution in [0.4, 0.5) is 4.39 Å². The third kappa shape index (κ3) is 2.51. The fourth-order valence-electron chi connectivity index (χ4n) is 1.65. The van der Waals surface area contributed by atoms with Crippen LogP contribution in [-0.4, -0.2) is 14.9 Å². The molecule has 0 aliphatic rings. The smallest absolute Gasteiger partial charge is 0.168 e. The topological polar surface area (TPSA) is 47.3 Å². The lowest BCUT2D eigenvalue weighted by molar-refractivity contribution is 0.194. The molecule has 1 unspecified atom stereocenters. The lowest BCUT2D eigenvalue weighted by Crippen LogP contribution is -1.98. The molecule has 0 saturated heterocycles. The number of para-hydroxylation sites is 1. The Morgan fingerprint density at radius 2 is 2.28 bits per heavy atom. The van der Waals surface area contributed by atoms with Crippen molar-refractivity contribution in [1.29, 1.82) is 0 Å². The minimum atomic E-state index is -0.795. The SMILES string of the molecule is CCn1cc(Oc2c(F)cccc2C(C)O)cn1. The van der Waals surface area contributed by atoms with Crippen LogP contribution in [0.2, 0.25) is 0 Å². The molecule has 5 heteroatoms. The Balaban J connectivity index is 2.33. The fraction of sp³-hybridized carbons (Fsp3) is 0.308. The van der Waals surface area contributed by atoms with Gasteiger partial charge in [0.15, 0.2) is 17.3 Å². The van der Waals surface area contributed by atoms with Gasteiger partial charge in [-0.25, -0.2) is 4.39 Å². The number of hydrogen-bond donors (Lipinski definition) is 1. The Kier molecular flexibility index (Phi) is 3.62. The predicted molar refractivity (Wildman–Crippen MR) is 65.0 cm³/mol. The highest BCUT2D eigenvalue weighted by Crippen LogP contribution is 2.31. The maximum Gasteiger partial charge on any atom is 0.168 e. The van der Waals surface area contributed by atoms with Gasteiger partial charge in [-0.3, -0.25) is 4.68 Å². The monoisotopic (exact) mass is 250 g/mol. The molecule has 0 aliphatic heterocycles. The van der Waals surface area contributed by atoms with Crippen LogP contribution in [0.25, 0.3) is 0 Å². The van der Waals surface area contributed by atoms with Gasteiger partial charge in [0.2, 0.25) is 0 Å². The van der Waals surface area contributed by atoms with Crippen LogP contribution in [-0.2, 0) is 6.54 Å². The van der Waals surface area contributed by atoms with E-state index in [1.54, 1.807) is 29.9 Å². The summed E-state index contributed by atoms with van der Waals surface area (Å²) in [6.45, 7) is 4.22. The van der Waals surface area contributed by atoms with Gasteiger partial charge in [-0.1, -0.05) is 12.1 Å². The Labute approximate surface area is 105 Å². The van der Waals surface area contributed by atoms with Crippen molar-refractivity contribution < 1.29 is 14.2 Å². The number of hydrogen-bond acceptors (Lipinski definition) is 3. The van der Waals surface area contributed by atoms with Gasteiger partial charge in [-0.15, -0.1) is 0 Å². The van der Waals surface area contributed by atoms with E-state index in [2.05, 4.69) is 5.10 Å². The molecule has 1 N–H and O–H groups in total. The average Bonchev–Trinajstić information content (AvgIpc) is 2.79. The second-order valence-electron chi connectivity index (χ2n) is 3.97. The molecule has 1 atom stereocenters. The highest BCUT2D eigenvalue weighted by molar-refractivity contribution is 5.39. The molecule has 1 aromatic carbocycles. The molecule has 0 radical (unpaired) electrons. The Hall–Kier alpha value is -1.88. The number of halogens is 1. The molecular weight excluding hydrogens is 235 g/mol. The highest BCUT2D eigenvalue weighted by Gasteiger charge is 2.15. The minimum Gasteiger partial charge on any atom is -0.451 e. The van der Waals surface area contributed by atoms with Crippen molar-refractivity contribution in [3.8, 4) is 11.5 Å². The molecule has 0 aliphatic carbocycles. The first-order valence-electron chi connectivity index (χ1n) is 5.78. The molecule has 0 spiro atoms. The van der Waals surface area contributed by atoms with Crippen LogP contribution < -0.4 is 4.74 Å². The van der Waals surface area contributed by atoms with Crippen LogP contribution >= 0.6 is 0 Å². The molecule has 2 aromatic rings. The second kappa shape index (κ2) is 5.18. The van der Waals surface area contributed by atoms with E-state index >= 15 is 0 Å². The van der Waals surface area contributed by atoms with E-state index in [9.17, 15) is 9.50 Å². The van der Waals surface area contributed by atoms with Crippen molar-refractivity contribution in [3.05, 3.63) is 42.0 Å². The number of rotatable bonds is 4. The summed E-state index contributed by atoms with van der Waals surface area (Å²) < 4.78 is 20.9. The van der Waals surface area contributed by atoms with Crippen molar-refractivity contribution in [1.82, 2.24) is 9.78 Å². The number of nitrogens with zero attached hydrogens (tertiary/aromatic N) is 2. The Morgan fingerprint density at radius 1 is 1.50 bits per heavy atom. The van der Waals surface area contributed by atoms with Crippen LogP contribution in [0.15, 0.2) is 30.6 Å². The first kappa shape index (κ1) is 12.6. The van der Waals surface area contributed by atoms with Gasteiger partial charge < -0.3 is 9.84 Å². The third-order valence-corrected chi connectivity index (χ3v) is 2.60. The van der Waals surface area contributed by atoms with Gasteiger partial charge in [0.25, 0.3) is 0 Å². The number of aliphatic hydroxyl groups is 1. The van der Waals surface area contributed by atoms with E-state index in [1.807, 2.05) is 6.92 Å². The van der Waals surface area contributed by atoms with Gasteiger partial charge in [0.1, 0.15) is 0 Å². The zero-order valence-corrected chi connectivity index (χ0v) is 10.3. The lowest BCUT2D eigenvalue weighted by Gasteiger charge is -2.12. The van der Waals surface area contributed by atoms with E-state index in [0.717, 1.165) is 0 Å². The molecular formula is C13H15FN2O2. The van der Waals surface area contributed by atoms with Crippen LogP contribution in [0.5, 0.6) is 11.5 Å². The summed E-state index contributed by atoms with van der Waals surface area (Å²) in [4.78, 5) is 0. The zero-order chi connectivity index (χ0) is 13.1. The van der Waals surface area contributed by atoms with Crippen molar-refractivity contribution in [3.63, 3.8) is 0 Å². The van der Waals surface area contributed by atoms with Gasteiger partial charge in [-0.05, 0) is 19.9 Å². The Morgan fingerprint density at radius 3 is 2.89 bits per heavy atom. The largest absolute Gasteiger partial charge is 0.451 e. The molecule has 0 fully saturated rings. The number of aromatic nitrogens is 2. The number of aryl methyl sites for hydroxylation is 1. The molecule has 0 amide bonds. The normalized spacial score (nSPS) is 12.4. The summed E-state index contributed by atoms with van der Waals surface area (Å²) in [5.41, 5.74) is 0.416. The van der Waals surface area contributed by atoms with Crippen molar-refractivity contribution in [2.75, 3.05) is 0 Å². The summed E-state index contributed by atoms with van der Waals surface area (Å²) >= 11 is 0. The fourth-order valence-corrected chi connectivity index (χ4v) is 1.65. The second-order valence-corrected chi connectivity index (χ2v) is 3.97. The molecule has 2 rings (SSSR count). The number of ether oxygens (including phenoxy) is 1. The number of aliphatic hydroxyl groups excluding tert-OH is 1. The first-order chi connectivity index (χ1) is 8.61. The first-order valence-corrected chi connectivity index (χ1v) is 5.78. The van der Waals surface area contributed by atoms with E-state index in [-0.39, 0.29) is 5.75 Å². The molecule has 18 heavy (non-hydrogen) atoms. The van der Waals surface area contributed by atoms with E-state index in [1.165, 1.54) is 12.3 Å². The highest BCUT2D eigenvalue weighted by atomic mass is 19.1. The molecule has 0 saturated carbocycles. The molecule has 96 valence electrons. The quantitative estimate of drug-likeness (QED) is 0.907. The molecule has 1 aromatic heterocycles. The van der Waals surface area contributed by atoms with E-state index < -0.39 is 11.9 Å².